The van der Waals surface area contributed by atoms with E-state index in [1.807, 2.05) is 0 Å². The predicted molar refractivity (Wildman–Crippen MR) is 65.7 cm³/mol. The molecule has 0 radical (unpaired) electrons. The number of aliphatic carboxylic acids is 1. The van der Waals surface area contributed by atoms with Gasteiger partial charge in [0.05, 0.1) is 11.1 Å². The third-order valence-corrected chi connectivity index (χ3v) is 3.58. The number of carboxylic acid groups (broad SMARTS) is 1. The van der Waals surface area contributed by atoms with Crippen LogP contribution in [-0.4, -0.2) is 36.3 Å². The molecule has 0 aliphatic carbocycles. The zero-order valence-electron chi connectivity index (χ0n) is 9.48. The third kappa shape index (κ3) is 2.91. The summed E-state index contributed by atoms with van der Waals surface area (Å²) in [5.74, 6) is -1.29. The molecule has 1 aromatic rings. The molecule has 2 N–H and O–H groups in total. The fourth-order valence-electron chi connectivity index (χ4n) is 1.42. The number of carbonyl (C=O) groups is 1. The Balaban J connectivity index is 2.12. The van der Waals surface area contributed by atoms with Crippen LogP contribution < -0.4 is 4.74 Å². The first kappa shape index (κ1) is 13.1. The Morgan fingerprint density at radius 2 is 2.11 bits per heavy atom. The summed E-state index contributed by atoms with van der Waals surface area (Å²) in [4.78, 5) is 14.1. The number of phenolic OH excluding ortho intramolecular Hbond substituents is 1. The maximum Gasteiger partial charge on any atom is 0.366 e. The van der Waals surface area contributed by atoms with Crippen molar-refractivity contribution in [3.05, 3.63) is 35.4 Å². The molecule has 0 unspecified atom stereocenters. The Morgan fingerprint density at radius 1 is 1.37 bits per heavy atom. The summed E-state index contributed by atoms with van der Waals surface area (Å²) in [5, 5.41) is 17.7. The van der Waals surface area contributed by atoms with Crippen molar-refractivity contribution in [2.24, 2.45) is 4.99 Å². The minimum Gasteiger partial charge on any atom is -0.508 e. The van der Waals surface area contributed by atoms with E-state index in [-0.39, 0.29) is 18.1 Å². The zero-order valence-corrected chi connectivity index (χ0v) is 10.3. The first-order chi connectivity index (χ1) is 8.88. The number of sulfone groups is 1. The molecule has 0 amide bonds. The lowest BCUT2D eigenvalue weighted by Crippen LogP contribution is -2.19. The van der Waals surface area contributed by atoms with Crippen molar-refractivity contribution in [1.29, 1.82) is 0 Å². The number of hydrogen-bond donors (Lipinski definition) is 2. The first-order valence-electron chi connectivity index (χ1n) is 5.08. The molecule has 1 aliphatic heterocycles. The van der Waals surface area contributed by atoms with Gasteiger partial charge in [-0.3, -0.25) is 0 Å². The predicted octanol–water partition coefficient (Wildman–Crippen LogP) is 0.524. The third-order valence-electron chi connectivity index (χ3n) is 2.19. The number of aromatic hydroxyl groups is 1. The van der Waals surface area contributed by atoms with Gasteiger partial charge < -0.3 is 14.9 Å². The molecule has 0 fully saturated rings. The number of hydrogen-bond acceptors (Lipinski definition) is 6. The maximum atomic E-state index is 11.4. The molecule has 1 aromatic carbocycles. The largest absolute Gasteiger partial charge is 0.508 e. The molecule has 0 saturated carbocycles. The van der Waals surface area contributed by atoms with Crippen molar-refractivity contribution in [1.82, 2.24) is 0 Å². The Labute approximate surface area is 108 Å². The molecular formula is C11H9NO6S. The summed E-state index contributed by atoms with van der Waals surface area (Å²) in [5.41, 5.74) is -0.0132. The highest BCUT2D eigenvalue weighted by Gasteiger charge is 2.31. The lowest BCUT2D eigenvalue weighted by molar-refractivity contribution is -0.129. The molecule has 1 heterocycles. The van der Waals surface area contributed by atoms with Gasteiger partial charge in [0.2, 0.25) is 14.9 Å². The van der Waals surface area contributed by atoms with Gasteiger partial charge in [-0.05, 0) is 12.1 Å². The van der Waals surface area contributed by atoms with E-state index >= 15 is 0 Å². The standard InChI is InChI=1S/C11H9NO6S/c13-8-2-1-3-9(4-8)18-5-7-6-19(16,17)10(12-7)11(14)15/h1-4,6,13H,5H2,(H,14,15). The van der Waals surface area contributed by atoms with E-state index in [2.05, 4.69) is 4.99 Å². The van der Waals surface area contributed by atoms with Crippen LogP contribution in [-0.2, 0) is 14.6 Å². The number of rotatable bonds is 4. The molecule has 100 valence electrons. The van der Waals surface area contributed by atoms with Crippen LogP contribution in [0.2, 0.25) is 0 Å². The minimum atomic E-state index is -3.99. The van der Waals surface area contributed by atoms with Crippen molar-refractivity contribution >= 4 is 20.9 Å². The van der Waals surface area contributed by atoms with Crippen LogP contribution in [0.3, 0.4) is 0 Å². The summed E-state index contributed by atoms with van der Waals surface area (Å²) in [7, 11) is -3.99. The van der Waals surface area contributed by atoms with Crippen molar-refractivity contribution in [2.45, 2.75) is 0 Å². The fourth-order valence-corrected chi connectivity index (χ4v) is 2.50. The van der Waals surface area contributed by atoms with Crippen molar-refractivity contribution < 1.29 is 28.2 Å². The van der Waals surface area contributed by atoms with Crippen molar-refractivity contribution in [3.63, 3.8) is 0 Å². The number of aliphatic imine (C=N–C) groups is 1. The number of nitrogens with zero attached hydrogens (tertiary/aromatic N) is 1. The SMILES string of the molecule is O=C(O)C1=NC(COc2cccc(O)c2)=CS1(=O)=O. The van der Waals surface area contributed by atoms with Crippen LogP contribution in [0.25, 0.3) is 0 Å². The van der Waals surface area contributed by atoms with Crippen molar-refractivity contribution in [3.8, 4) is 11.5 Å². The second-order valence-corrected chi connectivity index (χ2v) is 5.37. The summed E-state index contributed by atoms with van der Waals surface area (Å²) in [6.45, 7) is -0.209. The first-order valence-corrected chi connectivity index (χ1v) is 6.62. The molecule has 0 saturated heterocycles. The van der Waals surface area contributed by atoms with Gasteiger partial charge in [-0.25, -0.2) is 18.2 Å². The van der Waals surface area contributed by atoms with E-state index in [0.29, 0.717) is 5.75 Å². The van der Waals surface area contributed by atoms with E-state index < -0.39 is 20.9 Å². The summed E-state index contributed by atoms with van der Waals surface area (Å²) in [6.07, 6.45) is 0. The van der Waals surface area contributed by atoms with Crippen LogP contribution in [0.4, 0.5) is 0 Å². The minimum absolute atomic E-state index is 0.000231. The monoisotopic (exact) mass is 283 g/mol. The van der Waals surface area contributed by atoms with Gasteiger partial charge in [0.15, 0.2) is 0 Å². The number of phenols is 1. The Bertz CT molecular complexity index is 689. The normalized spacial score (nSPS) is 16.6. The van der Waals surface area contributed by atoms with Gasteiger partial charge in [-0.15, -0.1) is 0 Å². The molecule has 0 bridgehead atoms. The zero-order chi connectivity index (χ0) is 14.0. The molecule has 2 rings (SSSR count). The van der Waals surface area contributed by atoms with Gasteiger partial charge >= 0.3 is 5.97 Å². The van der Waals surface area contributed by atoms with Crippen LogP contribution >= 0.6 is 0 Å². The Morgan fingerprint density at radius 3 is 2.68 bits per heavy atom. The van der Waals surface area contributed by atoms with Crippen LogP contribution in [0.15, 0.2) is 40.4 Å². The highest BCUT2D eigenvalue weighted by atomic mass is 32.2. The van der Waals surface area contributed by atoms with Crippen molar-refractivity contribution in [2.75, 3.05) is 6.61 Å². The fraction of sp³-hybridized carbons (Fsp3) is 0.0909. The number of benzene rings is 1. The Kier molecular flexibility index (Phi) is 3.26. The number of carboxylic acids is 1. The molecule has 0 spiro atoms. The highest BCUT2D eigenvalue weighted by Crippen LogP contribution is 2.20. The molecule has 19 heavy (non-hydrogen) atoms. The van der Waals surface area contributed by atoms with Gasteiger partial charge in [-0.1, -0.05) is 6.07 Å². The van der Waals surface area contributed by atoms with Gasteiger partial charge in [0.1, 0.15) is 18.1 Å². The van der Waals surface area contributed by atoms with Crippen LogP contribution in [0.5, 0.6) is 11.5 Å². The molecule has 0 atom stereocenters. The summed E-state index contributed by atoms with van der Waals surface area (Å²) in [6, 6.07) is 5.90. The summed E-state index contributed by atoms with van der Waals surface area (Å²) < 4.78 is 28.0. The van der Waals surface area contributed by atoms with Gasteiger partial charge in [0, 0.05) is 6.07 Å². The smallest absolute Gasteiger partial charge is 0.366 e. The van der Waals surface area contributed by atoms with E-state index in [4.69, 9.17) is 9.84 Å². The lowest BCUT2D eigenvalue weighted by atomic mass is 10.3. The van der Waals surface area contributed by atoms with Gasteiger partial charge in [-0.2, -0.15) is 0 Å². The second-order valence-electron chi connectivity index (χ2n) is 3.66. The summed E-state index contributed by atoms with van der Waals surface area (Å²) >= 11 is 0. The average molecular weight is 283 g/mol. The number of ether oxygens (including phenoxy) is 1. The molecule has 1 aliphatic rings. The van der Waals surface area contributed by atoms with E-state index in [9.17, 15) is 18.3 Å². The van der Waals surface area contributed by atoms with Gasteiger partial charge in [0.25, 0.3) is 0 Å². The molecular weight excluding hydrogens is 274 g/mol. The highest BCUT2D eigenvalue weighted by molar-refractivity contribution is 8.11. The molecule has 0 aromatic heterocycles. The lowest BCUT2D eigenvalue weighted by Gasteiger charge is -2.04. The van der Waals surface area contributed by atoms with E-state index in [1.54, 1.807) is 12.1 Å². The quantitative estimate of drug-likeness (QED) is 0.833. The average Bonchev–Trinajstić information content (AvgIpc) is 2.62. The molecule has 7 nitrogen and oxygen atoms in total. The second kappa shape index (κ2) is 4.73. The van der Waals surface area contributed by atoms with Crippen LogP contribution in [0, 0.1) is 0 Å². The topological polar surface area (TPSA) is 113 Å². The Hall–Kier alpha value is -2.35. The maximum absolute atomic E-state index is 11.4. The molecule has 8 heteroatoms. The van der Waals surface area contributed by atoms with E-state index in [1.165, 1.54) is 12.1 Å². The van der Waals surface area contributed by atoms with E-state index in [0.717, 1.165) is 5.41 Å². The van der Waals surface area contributed by atoms with Crippen LogP contribution in [0.1, 0.15) is 0 Å².